The standard InChI is InChI=1S/C12H11BrO2S/c13-10-7-16-6-9(10)12(14)4-1-2-11-8(12)3-5-15-11/h3,5-7,14H,1-2,4H2. The highest BCUT2D eigenvalue weighted by Gasteiger charge is 2.39. The van der Waals surface area contributed by atoms with Crippen LogP contribution in [0.1, 0.15) is 29.7 Å². The van der Waals surface area contributed by atoms with Crippen LogP contribution in [0.25, 0.3) is 0 Å². The van der Waals surface area contributed by atoms with Gasteiger partial charge in [-0.1, -0.05) is 0 Å². The molecule has 1 aliphatic rings. The number of thiophene rings is 1. The lowest BCUT2D eigenvalue weighted by molar-refractivity contribution is 0.0587. The van der Waals surface area contributed by atoms with Crippen molar-refractivity contribution >= 4 is 27.3 Å². The van der Waals surface area contributed by atoms with Crippen LogP contribution in [-0.4, -0.2) is 5.11 Å². The molecule has 2 aromatic heterocycles. The fourth-order valence-electron chi connectivity index (χ4n) is 2.40. The van der Waals surface area contributed by atoms with Crippen LogP contribution < -0.4 is 0 Å². The first-order chi connectivity index (χ1) is 7.72. The van der Waals surface area contributed by atoms with Gasteiger partial charge in [0.15, 0.2) is 0 Å². The van der Waals surface area contributed by atoms with Crippen molar-refractivity contribution in [2.24, 2.45) is 0 Å². The molecular weight excluding hydrogens is 288 g/mol. The lowest BCUT2D eigenvalue weighted by Crippen LogP contribution is -2.30. The van der Waals surface area contributed by atoms with Gasteiger partial charge in [-0.15, -0.1) is 0 Å². The summed E-state index contributed by atoms with van der Waals surface area (Å²) in [6, 6.07) is 1.89. The number of aryl methyl sites for hydroxylation is 1. The predicted molar refractivity (Wildman–Crippen MR) is 66.7 cm³/mol. The lowest BCUT2D eigenvalue weighted by Gasteiger charge is -2.31. The predicted octanol–water partition coefficient (Wildman–Crippen LogP) is 3.68. The lowest BCUT2D eigenvalue weighted by atomic mass is 9.79. The van der Waals surface area contributed by atoms with Crippen LogP contribution in [0.4, 0.5) is 0 Å². The Hall–Kier alpha value is -0.580. The molecule has 0 saturated heterocycles. The zero-order valence-corrected chi connectivity index (χ0v) is 11.0. The normalized spacial score (nSPS) is 24.4. The number of hydrogen-bond acceptors (Lipinski definition) is 3. The van der Waals surface area contributed by atoms with E-state index in [2.05, 4.69) is 15.9 Å². The number of furan rings is 1. The summed E-state index contributed by atoms with van der Waals surface area (Å²) in [5, 5.41) is 14.9. The number of rotatable bonds is 1. The maximum Gasteiger partial charge on any atom is 0.120 e. The van der Waals surface area contributed by atoms with Gasteiger partial charge in [0.25, 0.3) is 0 Å². The van der Waals surface area contributed by atoms with Gasteiger partial charge in [-0.25, -0.2) is 0 Å². The van der Waals surface area contributed by atoms with E-state index in [4.69, 9.17) is 4.42 Å². The van der Waals surface area contributed by atoms with Crippen molar-refractivity contribution in [2.45, 2.75) is 24.9 Å². The molecule has 0 radical (unpaired) electrons. The maximum absolute atomic E-state index is 10.9. The molecule has 0 amide bonds. The summed E-state index contributed by atoms with van der Waals surface area (Å²) in [7, 11) is 0. The van der Waals surface area contributed by atoms with E-state index in [0.717, 1.165) is 40.6 Å². The topological polar surface area (TPSA) is 33.4 Å². The van der Waals surface area contributed by atoms with Gasteiger partial charge < -0.3 is 9.52 Å². The van der Waals surface area contributed by atoms with Crippen LogP contribution in [0.2, 0.25) is 0 Å². The van der Waals surface area contributed by atoms with Gasteiger partial charge in [0, 0.05) is 27.4 Å². The molecule has 1 aliphatic carbocycles. The molecule has 1 atom stereocenters. The minimum Gasteiger partial charge on any atom is -0.469 e. The minimum atomic E-state index is -0.876. The number of halogens is 1. The molecule has 0 fully saturated rings. The van der Waals surface area contributed by atoms with Crippen LogP contribution in [-0.2, 0) is 12.0 Å². The third-order valence-corrected chi connectivity index (χ3v) is 4.90. The van der Waals surface area contributed by atoms with Crippen molar-refractivity contribution in [1.29, 1.82) is 0 Å². The van der Waals surface area contributed by atoms with Gasteiger partial charge in [0.1, 0.15) is 11.4 Å². The molecule has 2 heterocycles. The molecule has 16 heavy (non-hydrogen) atoms. The van der Waals surface area contributed by atoms with Gasteiger partial charge in [0.2, 0.25) is 0 Å². The van der Waals surface area contributed by atoms with E-state index < -0.39 is 5.60 Å². The first kappa shape index (κ1) is 10.6. The Bertz CT molecular complexity index is 517. The number of fused-ring (bicyclic) bond motifs is 1. The van der Waals surface area contributed by atoms with E-state index in [9.17, 15) is 5.11 Å². The first-order valence-corrected chi connectivity index (χ1v) is 6.97. The summed E-state index contributed by atoms with van der Waals surface area (Å²) in [5.74, 6) is 0.923. The highest BCUT2D eigenvalue weighted by atomic mass is 79.9. The van der Waals surface area contributed by atoms with Gasteiger partial charge >= 0.3 is 0 Å². The van der Waals surface area contributed by atoms with E-state index in [0.29, 0.717) is 0 Å². The van der Waals surface area contributed by atoms with Crippen LogP contribution in [0, 0.1) is 0 Å². The molecule has 4 heteroatoms. The highest BCUT2D eigenvalue weighted by Crippen LogP contribution is 2.44. The van der Waals surface area contributed by atoms with Crippen molar-refractivity contribution in [3.8, 4) is 0 Å². The Labute approximate surface area is 106 Å². The average Bonchev–Trinajstić information content (AvgIpc) is 2.86. The zero-order chi connectivity index (χ0) is 11.2. The first-order valence-electron chi connectivity index (χ1n) is 5.23. The Kier molecular flexibility index (Phi) is 2.46. The molecule has 0 aromatic carbocycles. The van der Waals surface area contributed by atoms with Crippen LogP contribution in [0.15, 0.2) is 32.0 Å². The molecule has 3 rings (SSSR count). The largest absolute Gasteiger partial charge is 0.469 e. The summed E-state index contributed by atoms with van der Waals surface area (Å²) < 4.78 is 6.40. The van der Waals surface area contributed by atoms with Gasteiger partial charge in [-0.2, -0.15) is 11.3 Å². The smallest absolute Gasteiger partial charge is 0.120 e. The Morgan fingerprint density at radius 2 is 2.25 bits per heavy atom. The summed E-state index contributed by atoms with van der Waals surface area (Å²) in [6.07, 6.45) is 4.31. The minimum absolute atomic E-state index is 0.759. The molecule has 84 valence electrons. The van der Waals surface area contributed by atoms with E-state index in [1.54, 1.807) is 17.6 Å². The summed E-state index contributed by atoms with van der Waals surface area (Å²) in [4.78, 5) is 0. The van der Waals surface area contributed by atoms with Crippen molar-refractivity contribution < 1.29 is 9.52 Å². The Balaban J connectivity index is 2.18. The van der Waals surface area contributed by atoms with E-state index >= 15 is 0 Å². The second-order valence-electron chi connectivity index (χ2n) is 4.10. The quantitative estimate of drug-likeness (QED) is 0.871. The molecule has 0 bridgehead atoms. The van der Waals surface area contributed by atoms with Crippen molar-refractivity contribution in [1.82, 2.24) is 0 Å². The Morgan fingerprint density at radius 1 is 1.38 bits per heavy atom. The fraction of sp³-hybridized carbons (Fsp3) is 0.333. The SMILES string of the molecule is OC1(c2cscc2Br)CCCc2occc21. The second kappa shape index (κ2) is 3.72. The summed E-state index contributed by atoms with van der Waals surface area (Å²) >= 11 is 5.10. The highest BCUT2D eigenvalue weighted by molar-refractivity contribution is 9.10. The van der Waals surface area contributed by atoms with E-state index in [1.165, 1.54) is 0 Å². The van der Waals surface area contributed by atoms with E-state index in [-0.39, 0.29) is 0 Å². The van der Waals surface area contributed by atoms with Crippen molar-refractivity contribution in [3.05, 3.63) is 44.4 Å². The van der Waals surface area contributed by atoms with Crippen LogP contribution in [0.5, 0.6) is 0 Å². The fourth-order valence-corrected chi connectivity index (χ4v) is 4.09. The molecule has 2 nitrogen and oxygen atoms in total. The van der Waals surface area contributed by atoms with E-state index in [1.807, 2.05) is 16.8 Å². The third-order valence-electron chi connectivity index (χ3n) is 3.19. The molecule has 2 aromatic rings. The summed E-state index contributed by atoms with van der Waals surface area (Å²) in [6.45, 7) is 0. The molecule has 0 spiro atoms. The number of aliphatic hydroxyl groups is 1. The van der Waals surface area contributed by atoms with Gasteiger partial charge in [0.05, 0.1) is 6.26 Å². The molecule has 1 N–H and O–H groups in total. The van der Waals surface area contributed by atoms with Crippen molar-refractivity contribution in [3.63, 3.8) is 0 Å². The maximum atomic E-state index is 10.9. The van der Waals surface area contributed by atoms with Crippen molar-refractivity contribution in [2.75, 3.05) is 0 Å². The molecule has 0 saturated carbocycles. The van der Waals surface area contributed by atoms with Crippen LogP contribution in [0.3, 0.4) is 0 Å². The Morgan fingerprint density at radius 3 is 3.00 bits per heavy atom. The summed E-state index contributed by atoms with van der Waals surface area (Å²) in [5.41, 5.74) is 1.01. The molecule has 1 unspecified atom stereocenters. The number of hydrogen-bond donors (Lipinski definition) is 1. The molecule has 0 aliphatic heterocycles. The monoisotopic (exact) mass is 298 g/mol. The zero-order valence-electron chi connectivity index (χ0n) is 8.57. The third kappa shape index (κ3) is 1.40. The second-order valence-corrected chi connectivity index (χ2v) is 5.70. The van der Waals surface area contributed by atoms with Gasteiger partial charge in [-0.05, 0) is 40.2 Å². The van der Waals surface area contributed by atoms with Crippen LogP contribution >= 0.6 is 27.3 Å². The average molecular weight is 299 g/mol. The van der Waals surface area contributed by atoms with Gasteiger partial charge in [-0.3, -0.25) is 0 Å². The molecular formula is C12H11BrO2S.